The first kappa shape index (κ1) is 19.7. The number of carbonyl (C=O) groups excluding carboxylic acids is 2. The van der Waals surface area contributed by atoms with Gasteiger partial charge in [0, 0.05) is 18.9 Å². The zero-order valence-corrected chi connectivity index (χ0v) is 16.2. The summed E-state index contributed by atoms with van der Waals surface area (Å²) in [6.45, 7) is 5.40. The Balaban J connectivity index is 1.31. The van der Waals surface area contributed by atoms with E-state index in [1.165, 1.54) is 5.56 Å². The Morgan fingerprint density at radius 3 is 2.70 bits per heavy atom. The van der Waals surface area contributed by atoms with Crippen molar-refractivity contribution in [2.24, 2.45) is 5.92 Å². The third-order valence-electron chi connectivity index (χ3n) is 5.40. The van der Waals surface area contributed by atoms with Gasteiger partial charge in [0.2, 0.25) is 11.8 Å². The number of amides is 2. The molecule has 0 saturated carbocycles. The third-order valence-corrected chi connectivity index (χ3v) is 5.40. The summed E-state index contributed by atoms with van der Waals surface area (Å²) in [4.78, 5) is 26.5. The summed E-state index contributed by atoms with van der Waals surface area (Å²) in [5, 5.41) is 6.01. The number of hydrogen-bond acceptors (Lipinski definition) is 4. The maximum Gasteiger partial charge on any atom is 0.234 e. The van der Waals surface area contributed by atoms with Gasteiger partial charge in [-0.25, -0.2) is 0 Å². The normalized spacial score (nSPS) is 20.0. The number of nitrogens with zero attached hydrogens (tertiary/aromatic N) is 1. The molecule has 148 valence electrons. The Morgan fingerprint density at radius 2 is 1.96 bits per heavy atom. The van der Waals surface area contributed by atoms with Gasteiger partial charge in [-0.1, -0.05) is 31.5 Å². The van der Waals surface area contributed by atoms with Crippen LogP contribution in [0.3, 0.4) is 0 Å². The largest absolute Gasteiger partial charge is 0.488 e. The van der Waals surface area contributed by atoms with Crippen molar-refractivity contribution >= 4 is 11.8 Å². The van der Waals surface area contributed by atoms with Crippen molar-refractivity contribution in [2.75, 3.05) is 32.7 Å². The van der Waals surface area contributed by atoms with Crippen molar-refractivity contribution in [1.29, 1.82) is 0 Å². The number of para-hydroxylation sites is 1. The van der Waals surface area contributed by atoms with Crippen LogP contribution in [0.4, 0.5) is 0 Å². The van der Waals surface area contributed by atoms with Crippen LogP contribution < -0.4 is 15.4 Å². The number of rotatable bonds is 8. The maximum absolute atomic E-state index is 12.2. The number of unbranched alkanes of at least 4 members (excludes halogenated alkanes) is 1. The first-order valence-corrected chi connectivity index (χ1v) is 10.2. The molecule has 0 aliphatic carbocycles. The minimum absolute atomic E-state index is 0.0175. The van der Waals surface area contributed by atoms with Crippen molar-refractivity contribution in [3.05, 3.63) is 29.8 Å². The zero-order valence-electron chi connectivity index (χ0n) is 16.2. The Bertz CT molecular complexity index is 616. The molecule has 1 saturated heterocycles. The highest BCUT2D eigenvalue weighted by molar-refractivity contribution is 5.79. The molecular weight excluding hydrogens is 342 g/mol. The third kappa shape index (κ3) is 5.70. The molecule has 1 fully saturated rings. The summed E-state index contributed by atoms with van der Waals surface area (Å²) < 4.78 is 5.86. The lowest BCUT2D eigenvalue weighted by molar-refractivity contribution is -0.126. The number of likely N-dealkylation sites (tertiary alicyclic amines) is 1. The van der Waals surface area contributed by atoms with Gasteiger partial charge in [0.05, 0.1) is 13.1 Å². The van der Waals surface area contributed by atoms with E-state index >= 15 is 0 Å². The summed E-state index contributed by atoms with van der Waals surface area (Å²) in [7, 11) is 0. The number of ether oxygens (including phenoxy) is 1. The number of benzene rings is 1. The van der Waals surface area contributed by atoms with E-state index in [-0.39, 0.29) is 23.8 Å². The van der Waals surface area contributed by atoms with E-state index in [2.05, 4.69) is 28.5 Å². The minimum atomic E-state index is 0.0175. The Morgan fingerprint density at radius 1 is 1.19 bits per heavy atom. The highest BCUT2D eigenvalue weighted by atomic mass is 16.5. The van der Waals surface area contributed by atoms with Gasteiger partial charge in [-0.3, -0.25) is 14.5 Å². The molecule has 3 rings (SSSR count). The summed E-state index contributed by atoms with van der Waals surface area (Å²) in [5.41, 5.74) is 1.20. The van der Waals surface area contributed by atoms with Crippen LogP contribution in [-0.2, 0) is 16.0 Å². The SMILES string of the molecule is CCCCNC(=O)C1CCN(CC(=O)NCC2Cc3ccccc3O2)CC1. The second-order valence-electron chi connectivity index (χ2n) is 7.55. The molecule has 2 aliphatic rings. The van der Waals surface area contributed by atoms with Crippen molar-refractivity contribution in [3.63, 3.8) is 0 Å². The molecule has 1 atom stereocenters. The lowest BCUT2D eigenvalue weighted by Gasteiger charge is -2.30. The van der Waals surface area contributed by atoms with E-state index in [9.17, 15) is 9.59 Å². The average Bonchev–Trinajstić information content (AvgIpc) is 3.10. The number of piperidine rings is 1. The second kappa shape index (κ2) is 9.74. The van der Waals surface area contributed by atoms with Crippen LogP contribution in [0, 0.1) is 5.92 Å². The molecule has 2 N–H and O–H groups in total. The number of hydrogen-bond donors (Lipinski definition) is 2. The molecule has 6 nitrogen and oxygen atoms in total. The summed E-state index contributed by atoms with van der Waals surface area (Å²) in [6.07, 6.45) is 4.63. The fourth-order valence-corrected chi connectivity index (χ4v) is 3.74. The lowest BCUT2D eigenvalue weighted by Crippen LogP contribution is -2.45. The first-order valence-electron chi connectivity index (χ1n) is 10.2. The van der Waals surface area contributed by atoms with Crippen LogP contribution in [0.1, 0.15) is 38.2 Å². The maximum atomic E-state index is 12.2. The van der Waals surface area contributed by atoms with Crippen LogP contribution in [0.2, 0.25) is 0 Å². The molecule has 0 spiro atoms. The number of fused-ring (bicyclic) bond motifs is 1. The van der Waals surface area contributed by atoms with Crippen molar-refractivity contribution in [2.45, 2.75) is 45.1 Å². The Kier molecular flexibility index (Phi) is 7.10. The van der Waals surface area contributed by atoms with Gasteiger partial charge in [0.25, 0.3) is 0 Å². The summed E-state index contributed by atoms with van der Waals surface area (Å²) in [6, 6.07) is 8.02. The van der Waals surface area contributed by atoms with E-state index in [1.54, 1.807) is 0 Å². The smallest absolute Gasteiger partial charge is 0.234 e. The molecular formula is C21H31N3O3. The van der Waals surface area contributed by atoms with E-state index < -0.39 is 0 Å². The van der Waals surface area contributed by atoms with Gasteiger partial charge >= 0.3 is 0 Å². The van der Waals surface area contributed by atoms with Gasteiger partial charge in [-0.2, -0.15) is 0 Å². The molecule has 0 radical (unpaired) electrons. The predicted octanol–water partition coefficient (Wildman–Crippen LogP) is 1.73. The molecule has 1 unspecified atom stereocenters. The standard InChI is InChI=1S/C21H31N3O3/c1-2-3-10-22-21(26)16-8-11-24(12-9-16)15-20(25)23-14-18-13-17-6-4-5-7-19(17)27-18/h4-7,16,18H,2-3,8-15H2,1H3,(H,22,26)(H,23,25). The van der Waals surface area contributed by atoms with Crippen LogP contribution >= 0.6 is 0 Å². The van der Waals surface area contributed by atoms with Gasteiger partial charge in [0.1, 0.15) is 11.9 Å². The van der Waals surface area contributed by atoms with Gasteiger partial charge < -0.3 is 15.4 Å². The molecule has 0 aromatic heterocycles. The molecule has 1 aromatic carbocycles. The monoisotopic (exact) mass is 373 g/mol. The van der Waals surface area contributed by atoms with Crippen LogP contribution in [0.25, 0.3) is 0 Å². The Labute approximate surface area is 161 Å². The van der Waals surface area contributed by atoms with Crippen molar-refractivity contribution in [3.8, 4) is 5.75 Å². The Hall–Kier alpha value is -2.08. The molecule has 6 heteroatoms. The van der Waals surface area contributed by atoms with E-state index in [0.29, 0.717) is 13.1 Å². The highest BCUT2D eigenvalue weighted by Crippen LogP contribution is 2.27. The fourth-order valence-electron chi connectivity index (χ4n) is 3.74. The molecule has 2 amide bonds. The lowest BCUT2D eigenvalue weighted by atomic mass is 9.96. The highest BCUT2D eigenvalue weighted by Gasteiger charge is 2.26. The van der Waals surface area contributed by atoms with Crippen molar-refractivity contribution < 1.29 is 14.3 Å². The van der Waals surface area contributed by atoms with Crippen LogP contribution in [0.15, 0.2) is 24.3 Å². The van der Waals surface area contributed by atoms with E-state index in [4.69, 9.17) is 4.74 Å². The van der Waals surface area contributed by atoms with Gasteiger partial charge in [-0.15, -0.1) is 0 Å². The molecule has 1 aromatic rings. The number of nitrogens with one attached hydrogen (secondary N) is 2. The van der Waals surface area contributed by atoms with Crippen molar-refractivity contribution in [1.82, 2.24) is 15.5 Å². The predicted molar refractivity (Wildman–Crippen MR) is 105 cm³/mol. The number of carbonyl (C=O) groups is 2. The van der Waals surface area contributed by atoms with Gasteiger partial charge in [0.15, 0.2) is 0 Å². The fraction of sp³-hybridized carbons (Fsp3) is 0.619. The second-order valence-corrected chi connectivity index (χ2v) is 7.55. The van der Waals surface area contributed by atoms with E-state index in [0.717, 1.165) is 57.5 Å². The summed E-state index contributed by atoms with van der Waals surface area (Å²) in [5.74, 6) is 1.22. The molecule has 2 aliphatic heterocycles. The molecule has 0 bridgehead atoms. The summed E-state index contributed by atoms with van der Waals surface area (Å²) >= 11 is 0. The van der Waals surface area contributed by atoms with Crippen LogP contribution in [-0.4, -0.2) is 55.5 Å². The topological polar surface area (TPSA) is 70.7 Å². The van der Waals surface area contributed by atoms with Crippen LogP contribution in [0.5, 0.6) is 5.75 Å². The van der Waals surface area contributed by atoms with Gasteiger partial charge in [-0.05, 0) is 44.0 Å². The van der Waals surface area contributed by atoms with E-state index in [1.807, 2.05) is 18.2 Å². The molecule has 2 heterocycles. The molecule has 27 heavy (non-hydrogen) atoms. The first-order chi connectivity index (χ1) is 13.2. The average molecular weight is 373 g/mol. The zero-order chi connectivity index (χ0) is 19.1. The minimum Gasteiger partial charge on any atom is -0.488 e. The quantitative estimate of drug-likeness (QED) is 0.681.